The number of nitrogens with two attached hydrogens (primary N) is 1. The first-order valence-corrected chi connectivity index (χ1v) is 7.89. The van der Waals surface area contributed by atoms with Gasteiger partial charge in [0.15, 0.2) is 0 Å². The molecule has 0 spiro atoms. The molecule has 1 aliphatic rings. The van der Waals surface area contributed by atoms with E-state index in [0.717, 1.165) is 11.0 Å². The summed E-state index contributed by atoms with van der Waals surface area (Å²) in [7, 11) is 0. The van der Waals surface area contributed by atoms with Crippen molar-refractivity contribution in [3.8, 4) is 0 Å². The molecule has 2 N–H and O–H groups in total. The highest BCUT2D eigenvalue weighted by Gasteiger charge is 2.40. The molecule has 26 heavy (non-hydrogen) atoms. The number of carbonyl (C=O) groups excluding carboxylic acids is 1. The Bertz CT molecular complexity index is 708. The molecule has 1 fully saturated rings. The number of nitro groups is 1. The van der Waals surface area contributed by atoms with E-state index in [0.29, 0.717) is 0 Å². The molecule has 1 aliphatic heterocycles. The Balaban J connectivity index is 2.20. The van der Waals surface area contributed by atoms with Crippen LogP contribution in [0.1, 0.15) is 20.8 Å². The number of nitrogens with zero attached hydrogens (tertiary/aromatic N) is 4. The maximum absolute atomic E-state index is 14.3. The van der Waals surface area contributed by atoms with Gasteiger partial charge in [-0.05, 0) is 26.8 Å². The largest absolute Gasteiger partial charge is 0.444 e. The Hall–Kier alpha value is -2.72. The zero-order chi connectivity index (χ0) is 19.7. The predicted molar refractivity (Wildman–Crippen MR) is 90.3 cm³/mol. The molecule has 0 aromatic carbocycles. The van der Waals surface area contributed by atoms with Gasteiger partial charge in [-0.1, -0.05) is 0 Å². The zero-order valence-electron chi connectivity index (χ0n) is 14.7. The summed E-state index contributed by atoms with van der Waals surface area (Å²) in [6.45, 7) is 3.50. The van der Waals surface area contributed by atoms with Gasteiger partial charge in [-0.3, -0.25) is 10.1 Å². The van der Waals surface area contributed by atoms with Gasteiger partial charge in [0.2, 0.25) is 5.82 Å². The fraction of sp³-hybridized carbons (Fsp3) is 0.600. The minimum Gasteiger partial charge on any atom is -0.444 e. The van der Waals surface area contributed by atoms with Crippen LogP contribution in [0.5, 0.6) is 0 Å². The van der Waals surface area contributed by atoms with Gasteiger partial charge < -0.3 is 20.3 Å². The van der Waals surface area contributed by atoms with Crippen molar-refractivity contribution in [3.63, 3.8) is 0 Å². The molecule has 11 heteroatoms. The van der Waals surface area contributed by atoms with Crippen LogP contribution in [0.3, 0.4) is 0 Å². The summed E-state index contributed by atoms with van der Waals surface area (Å²) in [6, 6.07) is 2.38. The van der Waals surface area contributed by atoms with E-state index >= 15 is 0 Å². The minimum absolute atomic E-state index is 0.0108. The number of aromatic nitrogens is 1. The number of anilines is 2. The first-order chi connectivity index (χ1) is 11.9. The standard InChI is InChI=1S/C15H21F2N5O4/c1-14(2,3)26-13(23)21-7-6-20(8-15(16,17)9-21)11-5-4-10(22(24)25)12(18)19-11/h4-5H,6-9H2,1-3H3,(H2,18,19). The third-order valence-electron chi connectivity index (χ3n) is 3.54. The summed E-state index contributed by atoms with van der Waals surface area (Å²) >= 11 is 0. The molecule has 0 bridgehead atoms. The van der Waals surface area contributed by atoms with Gasteiger partial charge in [0.1, 0.15) is 11.4 Å². The van der Waals surface area contributed by atoms with Crippen LogP contribution >= 0.6 is 0 Å². The second-order valence-corrected chi connectivity index (χ2v) is 7.01. The number of hydrogen-bond donors (Lipinski definition) is 1. The summed E-state index contributed by atoms with van der Waals surface area (Å²) < 4.78 is 33.7. The Labute approximate surface area is 148 Å². The predicted octanol–water partition coefficient (Wildman–Crippen LogP) is 2.26. The van der Waals surface area contributed by atoms with Crippen molar-refractivity contribution in [1.29, 1.82) is 0 Å². The lowest BCUT2D eigenvalue weighted by Crippen LogP contribution is -2.44. The van der Waals surface area contributed by atoms with Gasteiger partial charge in [0.05, 0.1) is 18.0 Å². The van der Waals surface area contributed by atoms with E-state index < -0.39 is 41.3 Å². The van der Waals surface area contributed by atoms with Crippen LogP contribution < -0.4 is 10.6 Å². The second-order valence-electron chi connectivity index (χ2n) is 7.01. The zero-order valence-corrected chi connectivity index (χ0v) is 14.7. The lowest BCUT2D eigenvalue weighted by Gasteiger charge is -2.27. The van der Waals surface area contributed by atoms with Crippen molar-refractivity contribution in [2.75, 3.05) is 36.8 Å². The Morgan fingerprint density at radius 2 is 2.00 bits per heavy atom. The number of carbonyl (C=O) groups is 1. The van der Waals surface area contributed by atoms with Crippen LogP contribution in [0.15, 0.2) is 12.1 Å². The van der Waals surface area contributed by atoms with Crippen LogP contribution in [0.25, 0.3) is 0 Å². The summed E-state index contributed by atoms with van der Waals surface area (Å²) in [5.74, 6) is -3.49. The Kier molecular flexibility index (Phi) is 5.19. The number of amides is 1. The molecule has 0 unspecified atom stereocenters. The average molecular weight is 373 g/mol. The highest BCUT2D eigenvalue weighted by molar-refractivity contribution is 5.68. The van der Waals surface area contributed by atoms with Crippen molar-refractivity contribution < 1.29 is 23.2 Å². The van der Waals surface area contributed by atoms with Crippen molar-refractivity contribution in [2.24, 2.45) is 0 Å². The number of hydrogen-bond acceptors (Lipinski definition) is 7. The molecular weight excluding hydrogens is 352 g/mol. The highest BCUT2D eigenvalue weighted by Crippen LogP contribution is 2.28. The van der Waals surface area contributed by atoms with Crippen molar-refractivity contribution in [3.05, 3.63) is 22.2 Å². The fourth-order valence-electron chi connectivity index (χ4n) is 2.47. The summed E-state index contributed by atoms with van der Waals surface area (Å²) in [5.41, 5.74) is 4.33. The molecule has 0 saturated carbocycles. The molecule has 144 valence electrons. The number of halogens is 2. The molecular formula is C15H21F2N5O4. The van der Waals surface area contributed by atoms with Crippen LogP contribution in [0.2, 0.25) is 0 Å². The maximum atomic E-state index is 14.3. The molecule has 0 aliphatic carbocycles. The highest BCUT2D eigenvalue weighted by atomic mass is 19.3. The quantitative estimate of drug-likeness (QED) is 0.624. The number of rotatable bonds is 2. The SMILES string of the molecule is CC(C)(C)OC(=O)N1CCN(c2ccc([N+](=O)[O-])c(N)n2)CC(F)(F)C1. The molecule has 2 heterocycles. The summed E-state index contributed by atoms with van der Waals surface area (Å²) in [5, 5.41) is 10.8. The molecule has 1 aromatic rings. The molecule has 0 radical (unpaired) electrons. The van der Waals surface area contributed by atoms with E-state index in [2.05, 4.69) is 4.98 Å². The molecule has 1 saturated heterocycles. The van der Waals surface area contributed by atoms with E-state index in [9.17, 15) is 23.7 Å². The molecule has 9 nitrogen and oxygen atoms in total. The van der Waals surface area contributed by atoms with E-state index in [1.54, 1.807) is 20.8 Å². The first-order valence-electron chi connectivity index (χ1n) is 7.89. The number of ether oxygens (including phenoxy) is 1. The monoisotopic (exact) mass is 373 g/mol. The lowest BCUT2D eigenvalue weighted by atomic mass is 10.2. The van der Waals surface area contributed by atoms with Crippen LogP contribution in [0, 0.1) is 10.1 Å². The third kappa shape index (κ3) is 4.90. The maximum Gasteiger partial charge on any atom is 0.410 e. The van der Waals surface area contributed by atoms with E-state index in [1.165, 1.54) is 11.0 Å². The van der Waals surface area contributed by atoms with E-state index in [1.807, 2.05) is 0 Å². The van der Waals surface area contributed by atoms with Crippen molar-refractivity contribution in [2.45, 2.75) is 32.3 Å². The number of nitrogen functional groups attached to an aromatic ring is 1. The minimum atomic E-state index is -3.22. The molecule has 1 amide bonds. The first kappa shape index (κ1) is 19.6. The van der Waals surface area contributed by atoms with Crippen LogP contribution in [-0.4, -0.2) is 58.6 Å². The van der Waals surface area contributed by atoms with Gasteiger partial charge in [-0.15, -0.1) is 0 Å². The van der Waals surface area contributed by atoms with Crippen molar-refractivity contribution >= 4 is 23.4 Å². The normalized spacial score (nSPS) is 17.6. The molecule has 1 aromatic heterocycles. The van der Waals surface area contributed by atoms with Crippen molar-refractivity contribution in [1.82, 2.24) is 9.88 Å². The summed E-state index contributed by atoms with van der Waals surface area (Å²) in [6.07, 6.45) is -0.824. The Morgan fingerprint density at radius 1 is 1.35 bits per heavy atom. The number of alkyl halides is 2. The fourth-order valence-corrected chi connectivity index (χ4v) is 2.47. The third-order valence-corrected chi connectivity index (χ3v) is 3.54. The van der Waals surface area contributed by atoms with Gasteiger partial charge >= 0.3 is 11.8 Å². The van der Waals surface area contributed by atoms with Gasteiger partial charge in [-0.2, -0.15) is 0 Å². The smallest absolute Gasteiger partial charge is 0.410 e. The van der Waals surface area contributed by atoms with Gasteiger partial charge in [0, 0.05) is 19.2 Å². The Morgan fingerprint density at radius 3 is 2.54 bits per heavy atom. The lowest BCUT2D eigenvalue weighted by molar-refractivity contribution is -0.384. The van der Waals surface area contributed by atoms with Crippen LogP contribution in [-0.2, 0) is 4.74 Å². The number of pyridine rings is 1. The second kappa shape index (κ2) is 6.89. The molecule has 0 atom stereocenters. The van der Waals surface area contributed by atoms with E-state index in [-0.39, 0.29) is 24.7 Å². The van der Waals surface area contributed by atoms with Crippen LogP contribution in [0.4, 0.5) is 30.9 Å². The molecule has 2 rings (SSSR count). The topological polar surface area (TPSA) is 115 Å². The van der Waals surface area contributed by atoms with Gasteiger partial charge in [0.25, 0.3) is 5.92 Å². The average Bonchev–Trinajstić information content (AvgIpc) is 2.63. The van der Waals surface area contributed by atoms with Gasteiger partial charge in [-0.25, -0.2) is 18.6 Å². The summed E-state index contributed by atoms with van der Waals surface area (Å²) in [4.78, 5) is 28.2. The van der Waals surface area contributed by atoms with E-state index in [4.69, 9.17) is 10.5 Å².